The van der Waals surface area contributed by atoms with Gasteiger partial charge in [0.2, 0.25) is 0 Å². The Balaban J connectivity index is 1.32. The summed E-state index contributed by atoms with van der Waals surface area (Å²) in [6.07, 6.45) is 2.05. The predicted octanol–water partition coefficient (Wildman–Crippen LogP) is 5.89. The number of halogens is 2. The van der Waals surface area contributed by atoms with Crippen molar-refractivity contribution in [3.05, 3.63) is 89.8 Å². The molecule has 2 aromatic carbocycles. The van der Waals surface area contributed by atoms with Gasteiger partial charge in [-0.3, -0.25) is 0 Å². The van der Waals surface area contributed by atoms with Crippen molar-refractivity contribution in [1.82, 2.24) is 19.7 Å². The zero-order chi connectivity index (χ0) is 25.4. The molecule has 37 heavy (non-hydrogen) atoms. The first-order valence-electron chi connectivity index (χ1n) is 11.6. The number of benzene rings is 2. The van der Waals surface area contributed by atoms with Gasteiger partial charge in [0.15, 0.2) is 11.6 Å². The number of methoxy groups -OCH3 is 1. The maximum absolute atomic E-state index is 14.5. The van der Waals surface area contributed by atoms with Crippen molar-refractivity contribution in [2.24, 2.45) is 0 Å². The van der Waals surface area contributed by atoms with Crippen LogP contribution < -0.4 is 14.8 Å². The Morgan fingerprint density at radius 1 is 1.08 bits per heavy atom. The van der Waals surface area contributed by atoms with Gasteiger partial charge in [0.1, 0.15) is 40.8 Å². The third-order valence-electron chi connectivity index (χ3n) is 6.05. The van der Waals surface area contributed by atoms with Crippen LogP contribution in [0.5, 0.6) is 11.5 Å². The number of fused-ring (bicyclic) bond motifs is 3. The average molecular weight is 518 g/mol. The summed E-state index contributed by atoms with van der Waals surface area (Å²) in [7, 11) is 1.64. The number of anilines is 1. The molecule has 1 N–H and O–H groups in total. The Kier molecular flexibility index (Phi) is 6.01. The molecular formula is C27H21F2N5O2S. The molecule has 6 rings (SSSR count). The molecule has 0 amide bonds. The molecule has 1 aliphatic heterocycles. The van der Waals surface area contributed by atoms with Gasteiger partial charge < -0.3 is 14.8 Å². The summed E-state index contributed by atoms with van der Waals surface area (Å²) in [5, 5.41) is 7.57. The van der Waals surface area contributed by atoms with Gasteiger partial charge in [-0.25, -0.2) is 23.4 Å². The molecule has 0 radical (unpaired) electrons. The van der Waals surface area contributed by atoms with E-state index in [0.29, 0.717) is 31.1 Å². The molecule has 0 spiro atoms. The molecule has 7 nitrogen and oxygen atoms in total. The molecule has 0 aliphatic carbocycles. The van der Waals surface area contributed by atoms with Gasteiger partial charge in [0.25, 0.3) is 0 Å². The number of pyridine rings is 1. The van der Waals surface area contributed by atoms with E-state index in [1.54, 1.807) is 7.11 Å². The van der Waals surface area contributed by atoms with Crippen molar-refractivity contribution in [2.75, 3.05) is 19.0 Å². The van der Waals surface area contributed by atoms with Gasteiger partial charge in [0.05, 0.1) is 23.5 Å². The molecule has 0 saturated carbocycles. The first-order valence-corrected chi connectivity index (χ1v) is 12.4. The molecule has 0 atom stereocenters. The monoisotopic (exact) mass is 517 g/mol. The summed E-state index contributed by atoms with van der Waals surface area (Å²) in [4.78, 5) is 11.0. The standard InChI is InChI=1S/C27H21F2N5O2S/c1-35-19-5-2-16(3-6-19)14-30-24-9-8-22-25(33-24)26-17(10-11-36-22)12-23(37-26)27-31-15-32-34(27)21-7-4-18(28)13-20(21)29/h2-9,12-13,15H,10-11,14H2,1H3,(H,30,33). The lowest BCUT2D eigenvalue weighted by molar-refractivity contribution is 0.325. The molecule has 0 bridgehead atoms. The lowest BCUT2D eigenvalue weighted by Crippen LogP contribution is -2.03. The number of hydrogen-bond donors (Lipinski definition) is 1. The van der Waals surface area contributed by atoms with Crippen LogP contribution in [-0.4, -0.2) is 33.5 Å². The van der Waals surface area contributed by atoms with Crippen LogP contribution in [0.25, 0.3) is 27.0 Å². The highest BCUT2D eigenvalue weighted by Gasteiger charge is 2.24. The molecule has 0 saturated heterocycles. The Morgan fingerprint density at radius 2 is 1.95 bits per heavy atom. The van der Waals surface area contributed by atoms with E-state index < -0.39 is 11.6 Å². The van der Waals surface area contributed by atoms with Crippen LogP contribution >= 0.6 is 11.3 Å². The first-order chi connectivity index (χ1) is 18.1. The second-order valence-corrected chi connectivity index (χ2v) is 9.45. The largest absolute Gasteiger partial charge is 0.497 e. The second-order valence-electron chi connectivity index (χ2n) is 8.40. The number of thiophene rings is 1. The van der Waals surface area contributed by atoms with Crippen molar-refractivity contribution >= 4 is 17.2 Å². The molecule has 1 aliphatic rings. The van der Waals surface area contributed by atoms with Gasteiger partial charge in [-0.2, -0.15) is 5.10 Å². The van der Waals surface area contributed by atoms with Crippen LogP contribution in [0.15, 0.2) is 67.0 Å². The van der Waals surface area contributed by atoms with Crippen molar-refractivity contribution in [3.63, 3.8) is 0 Å². The third-order valence-corrected chi connectivity index (χ3v) is 7.23. The lowest BCUT2D eigenvalue weighted by atomic mass is 10.1. The number of ether oxygens (including phenoxy) is 2. The van der Waals surface area contributed by atoms with Crippen LogP contribution in [0.2, 0.25) is 0 Å². The summed E-state index contributed by atoms with van der Waals surface area (Å²) in [6, 6.07) is 17.1. The van der Waals surface area contributed by atoms with Crippen molar-refractivity contribution in [3.8, 4) is 38.5 Å². The van der Waals surface area contributed by atoms with E-state index in [1.165, 1.54) is 34.5 Å². The molecule has 0 fully saturated rings. The van der Waals surface area contributed by atoms with Gasteiger partial charge in [0, 0.05) is 19.0 Å². The Bertz CT molecular complexity index is 1580. The van der Waals surface area contributed by atoms with Crippen LogP contribution in [0, 0.1) is 11.6 Å². The molecule has 186 valence electrons. The molecule has 5 aromatic rings. The van der Waals surface area contributed by atoms with Crippen molar-refractivity contribution < 1.29 is 18.3 Å². The van der Waals surface area contributed by atoms with Crippen LogP contribution in [-0.2, 0) is 13.0 Å². The SMILES string of the molecule is COc1ccc(CNc2ccc3c(n2)-c2sc(-c4ncnn4-c4ccc(F)cc4F)cc2CCO3)cc1. The minimum Gasteiger partial charge on any atom is -0.497 e. The Hall–Kier alpha value is -4.31. The summed E-state index contributed by atoms with van der Waals surface area (Å²) in [5.41, 5.74) is 3.03. The molecule has 3 aromatic heterocycles. The van der Waals surface area contributed by atoms with Crippen LogP contribution in [0.3, 0.4) is 0 Å². The van der Waals surface area contributed by atoms with Gasteiger partial charge >= 0.3 is 0 Å². The Morgan fingerprint density at radius 3 is 2.76 bits per heavy atom. The summed E-state index contributed by atoms with van der Waals surface area (Å²) >= 11 is 1.49. The molecule has 4 heterocycles. The van der Waals surface area contributed by atoms with E-state index in [4.69, 9.17) is 14.5 Å². The van der Waals surface area contributed by atoms with Crippen molar-refractivity contribution in [2.45, 2.75) is 13.0 Å². The minimum atomic E-state index is -0.710. The van der Waals surface area contributed by atoms with E-state index in [9.17, 15) is 8.78 Å². The number of hydrogen-bond acceptors (Lipinski definition) is 7. The van der Waals surface area contributed by atoms with Crippen molar-refractivity contribution in [1.29, 1.82) is 0 Å². The Labute approximate surface area is 215 Å². The summed E-state index contributed by atoms with van der Waals surface area (Å²) < 4.78 is 40.5. The fraction of sp³-hybridized carbons (Fsp3) is 0.148. The zero-order valence-electron chi connectivity index (χ0n) is 19.7. The van der Waals surface area contributed by atoms with Gasteiger partial charge in [-0.15, -0.1) is 11.3 Å². The zero-order valence-corrected chi connectivity index (χ0v) is 20.6. The van der Waals surface area contributed by atoms with Gasteiger partial charge in [-0.05, 0) is 53.6 Å². The maximum atomic E-state index is 14.5. The summed E-state index contributed by atoms with van der Waals surface area (Å²) in [6.45, 7) is 1.11. The fourth-order valence-corrected chi connectivity index (χ4v) is 5.38. The molecule has 10 heteroatoms. The van der Waals surface area contributed by atoms with Crippen LogP contribution in [0.4, 0.5) is 14.6 Å². The minimum absolute atomic E-state index is 0.129. The summed E-state index contributed by atoms with van der Waals surface area (Å²) in [5.74, 6) is 1.34. The smallest absolute Gasteiger partial charge is 0.173 e. The van der Waals surface area contributed by atoms with E-state index >= 15 is 0 Å². The highest BCUT2D eigenvalue weighted by Crippen LogP contribution is 2.43. The van der Waals surface area contributed by atoms with Crippen LogP contribution in [0.1, 0.15) is 11.1 Å². The quantitative estimate of drug-likeness (QED) is 0.303. The first kappa shape index (κ1) is 23.1. The predicted molar refractivity (Wildman–Crippen MR) is 137 cm³/mol. The van der Waals surface area contributed by atoms with Gasteiger partial charge in [-0.1, -0.05) is 12.1 Å². The number of aromatic nitrogens is 4. The molecular weight excluding hydrogens is 496 g/mol. The van der Waals surface area contributed by atoms with E-state index in [1.807, 2.05) is 42.5 Å². The number of nitrogens with zero attached hydrogens (tertiary/aromatic N) is 4. The average Bonchev–Trinajstić information content (AvgIpc) is 3.52. The number of nitrogens with one attached hydrogen (secondary N) is 1. The topological polar surface area (TPSA) is 74.1 Å². The van der Waals surface area contributed by atoms with E-state index in [-0.39, 0.29) is 5.69 Å². The van der Waals surface area contributed by atoms with E-state index in [0.717, 1.165) is 44.2 Å². The number of rotatable bonds is 6. The molecule has 0 unspecified atom stereocenters. The lowest BCUT2D eigenvalue weighted by Gasteiger charge is -2.11. The highest BCUT2D eigenvalue weighted by molar-refractivity contribution is 7.19. The third kappa shape index (κ3) is 4.51. The fourth-order valence-electron chi connectivity index (χ4n) is 4.19. The maximum Gasteiger partial charge on any atom is 0.173 e. The van der Waals surface area contributed by atoms with E-state index in [2.05, 4.69) is 15.4 Å². The second kappa shape index (κ2) is 9.62. The normalized spacial score (nSPS) is 12.3. The highest BCUT2D eigenvalue weighted by atomic mass is 32.1.